The fraction of sp³-hybridized carbons (Fsp3) is 0.429. The summed E-state index contributed by atoms with van der Waals surface area (Å²) in [5, 5.41) is 0. The molecule has 0 bridgehead atoms. The lowest BCUT2D eigenvalue weighted by Gasteiger charge is -2.03. The van der Waals surface area contributed by atoms with Crippen molar-refractivity contribution in [2.75, 3.05) is 6.79 Å². The quantitative estimate of drug-likeness (QED) is 0.463. The monoisotopic (exact) mass is 264 g/mol. The average molecular weight is 264 g/mol. The zero-order valence-corrected chi connectivity index (χ0v) is 10.8. The van der Waals surface area contributed by atoms with Crippen LogP contribution in [0.3, 0.4) is 0 Å². The molecule has 2 rings (SSSR count). The molecule has 0 fully saturated rings. The lowest BCUT2D eigenvalue weighted by atomic mass is 10.1. The molecule has 1 aliphatic heterocycles. The van der Waals surface area contributed by atoms with Crippen molar-refractivity contribution in [1.82, 2.24) is 0 Å². The smallest absolute Gasteiger partial charge is 0.313 e. The van der Waals surface area contributed by atoms with Crippen LogP contribution in [0.2, 0.25) is 0 Å². The summed E-state index contributed by atoms with van der Waals surface area (Å²) in [6, 6.07) is 5.83. The maximum absolute atomic E-state index is 11.1. The highest BCUT2D eigenvalue weighted by atomic mass is 16.7. The number of carbonyl (C=O) groups is 2. The van der Waals surface area contributed by atoms with E-state index in [-0.39, 0.29) is 13.2 Å². The second kappa shape index (κ2) is 6.22. The minimum atomic E-state index is -0.555. The van der Waals surface area contributed by atoms with E-state index >= 15 is 0 Å². The third-order valence-electron chi connectivity index (χ3n) is 2.79. The molecule has 0 radical (unpaired) electrons. The number of benzene rings is 1. The SMILES string of the molecule is CC(=O)OC(=O)CCCCc1ccc2c(c1)OCO2. The first-order valence-electron chi connectivity index (χ1n) is 6.25. The van der Waals surface area contributed by atoms with Gasteiger partial charge < -0.3 is 14.2 Å². The zero-order chi connectivity index (χ0) is 13.7. The number of esters is 2. The minimum absolute atomic E-state index is 0.268. The Morgan fingerprint density at radius 3 is 2.79 bits per heavy atom. The summed E-state index contributed by atoms with van der Waals surface area (Å²) < 4.78 is 15.0. The van der Waals surface area contributed by atoms with E-state index in [0.29, 0.717) is 6.42 Å². The molecule has 0 N–H and O–H groups in total. The van der Waals surface area contributed by atoms with Crippen LogP contribution in [0.15, 0.2) is 18.2 Å². The molecule has 1 aromatic carbocycles. The predicted octanol–water partition coefficient (Wildman–Crippen LogP) is 2.22. The van der Waals surface area contributed by atoms with E-state index in [4.69, 9.17) is 9.47 Å². The third-order valence-corrected chi connectivity index (χ3v) is 2.79. The van der Waals surface area contributed by atoms with Gasteiger partial charge in [0.05, 0.1) is 0 Å². The van der Waals surface area contributed by atoms with Gasteiger partial charge in [-0.2, -0.15) is 0 Å². The highest BCUT2D eigenvalue weighted by Gasteiger charge is 2.13. The molecular formula is C14H16O5. The molecule has 1 aliphatic rings. The molecule has 0 saturated heterocycles. The first-order valence-corrected chi connectivity index (χ1v) is 6.25. The van der Waals surface area contributed by atoms with E-state index in [1.165, 1.54) is 6.92 Å². The fourth-order valence-electron chi connectivity index (χ4n) is 1.91. The van der Waals surface area contributed by atoms with Gasteiger partial charge in [-0.05, 0) is 37.0 Å². The number of aryl methyl sites for hydroxylation is 1. The second-order valence-corrected chi connectivity index (χ2v) is 4.36. The number of ether oxygens (including phenoxy) is 3. The molecule has 5 heteroatoms. The van der Waals surface area contributed by atoms with Gasteiger partial charge in [0.15, 0.2) is 11.5 Å². The summed E-state index contributed by atoms with van der Waals surface area (Å²) in [6.07, 6.45) is 2.67. The van der Waals surface area contributed by atoms with Gasteiger partial charge in [-0.25, -0.2) is 0 Å². The van der Waals surface area contributed by atoms with Crippen molar-refractivity contribution in [3.8, 4) is 11.5 Å². The molecule has 0 aliphatic carbocycles. The molecule has 1 heterocycles. The van der Waals surface area contributed by atoms with E-state index in [2.05, 4.69) is 4.74 Å². The van der Waals surface area contributed by atoms with Crippen molar-refractivity contribution < 1.29 is 23.8 Å². The summed E-state index contributed by atoms with van der Waals surface area (Å²) in [5.74, 6) is 0.529. The predicted molar refractivity (Wildman–Crippen MR) is 66.9 cm³/mol. The van der Waals surface area contributed by atoms with Crippen molar-refractivity contribution >= 4 is 11.9 Å². The number of fused-ring (bicyclic) bond motifs is 1. The van der Waals surface area contributed by atoms with E-state index in [1.807, 2.05) is 18.2 Å². The fourth-order valence-corrected chi connectivity index (χ4v) is 1.91. The lowest BCUT2D eigenvalue weighted by molar-refractivity contribution is -0.158. The van der Waals surface area contributed by atoms with Crippen molar-refractivity contribution in [3.05, 3.63) is 23.8 Å². The average Bonchev–Trinajstić information content (AvgIpc) is 2.81. The Labute approximate surface area is 111 Å². The van der Waals surface area contributed by atoms with Gasteiger partial charge in [0.1, 0.15) is 0 Å². The Morgan fingerprint density at radius 2 is 2.00 bits per heavy atom. The topological polar surface area (TPSA) is 61.8 Å². The highest BCUT2D eigenvalue weighted by molar-refractivity contribution is 5.83. The first kappa shape index (κ1) is 13.4. The third kappa shape index (κ3) is 3.98. The van der Waals surface area contributed by atoms with Gasteiger partial charge >= 0.3 is 11.9 Å². The second-order valence-electron chi connectivity index (χ2n) is 4.36. The summed E-state index contributed by atoms with van der Waals surface area (Å²) in [6.45, 7) is 1.50. The van der Waals surface area contributed by atoms with Crippen molar-refractivity contribution in [2.24, 2.45) is 0 Å². The van der Waals surface area contributed by atoms with Gasteiger partial charge in [-0.1, -0.05) is 6.07 Å². The molecule has 5 nitrogen and oxygen atoms in total. The summed E-state index contributed by atoms with van der Waals surface area (Å²) in [4.78, 5) is 21.7. The molecule has 19 heavy (non-hydrogen) atoms. The van der Waals surface area contributed by atoms with Crippen molar-refractivity contribution in [2.45, 2.75) is 32.6 Å². The molecule has 0 atom stereocenters. The van der Waals surface area contributed by atoms with Crippen molar-refractivity contribution in [1.29, 1.82) is 0 Å². The van der Waals surface area contributed by atoms with Crippen LogP contribution in [0.4, 0.5) is 0 Å². The largest absolute Gasteiger partial charge is 0.454 e. The van der Waals surface area contributed by atoms with Gasteiger partial charge in [0.25, 0.3) is 0 Å². The maximum atomic E-state index is 11.1. The Bertz CT molecular complexity index is 481. The van der Waals surface area contributed by atoms with Crippen LogP contribution in [-0.4, -0.2) is 18.7 Å². The molecule has 0 saturated carbocycles. The first-order chi connectivity index (χ1) is 9.15. The van der Waals surface area contributed by atoms with Crippen LogP contribution in [-0.2, 0) is 20.7 Å². The van der Waals surface area contributed by atoms with Gasteiger partial charge in [-0.3, -0.25) is 9.59 Å². The van der Waals surface area contributed by atoms with Gasteiger partial charge in [0, 0.05) is 13.3 Å². The zero-order valence-electron chi connectivity index (χ0n) is 10.8. The molecule has 0 amide bonds. The Morgan fingerprint density at radius 1 is 1.21 bits per heavy atom. The number of hydrogen-bond donors (Lipinski definition) is 0. The van der Waals surface area contributed by atoms with E-state index in [0.717, 1.165) is 29.9 Å². The molecule has 102 valence electrons. The Balaban J connectivity index is 1.71. The van der Waals surface area contributed by atoms with Crippen LogP contribution in [0.25, 0.3) is 0 Å². The number of unbranched alkanes of at least 4 members (excludes halogenated alkanes) is 1. The Hall–Kier alpha value is -2.04. The maximum Gasteiger partial charge on any atom is 0.313 e. The van der Waals surface area contributed by atoms with Gasteiger partial charge in [-0.15, -0.1) is 0 Å². The number of rotatable bonds is 5. The highest BCUT2D eigenvalue weighted by Crippen LogP contribution is 2.32. The minimum Gasteiger partial charge on any atom is -0.454 e. The number of hydrogen-bond acceptors (Lipinski definition) is 5. The molecule has 1 aromatic rings. The van der Waals surface area contributed by atoms with Crippen molar-refractivity contribution in [3.63, 3.8) is 0 Å². The molecule has 0 unspecified atom stereocenters. The van der Waals surface area contributed by atoms with Crippen LogP contribution < -0.4 is 9.47 Å². The van der Waals surface area contributed by atoms with Crippen LogP contribution in [0.5, 0.6) is 11.5 Å². The van der Waals surface area contributed by atoms with Crippen LogP contribution in [0.1, 0.15) is 31.7 Å². The Kier molecular flexibility index (Phi) is 4.39. The summed E-state index contributed by atoms with van der Waals surface area (Å²) in [7, 11) is 0. The lowest BCUT2D eigenvalue weighted by Crippen LogP contribution is -2.08. The van der Waals surface area contributed by atoms with Gasteiger partial charge in [0.2, 0.25) is 6.79 Å². The van der Waals surface area contributed by atoms with Crippen LogP contribution in [0, 0.1) is 0 Å². The normalized spacial score (nSPS) is 12.3. The summed E-state index contributed by atoms with van der Waals surface area (Å²) >= 11 is 0. The standard InChI is InChI=1S/C14H16O5/c1-10(15)19-14(16)5-3-2-4-11-6-7-12-13(8-11)18-9-17-12/h6-8H,2-5,9H2,1H3. The molecule has 0 spiro atoms. The molecular weight excluding hydrogens is 248 g/mol. The van der Waals surface area contributed by atoms with E-state index < -0.39 is 11.9 Å². The summed E-state index contributed by atoms with van der Waals surface area (Å²) in [5.41, 5.74) is 1.14. The van der Waals surface area contributed by atoms with E-state index in [9.17, 15) is 9.59 Å². The number of carbonyl (C=O) groups excluding carboxylic acids is 2. The van der Waals surface area contributed by atoms with Crippen LogP contribution >= 0.6 is 0 Å². The van der Waals surface area contributed by atoms with E-state index in [1.54, 1.807) is 0 Å². The molecule has 0 aromatic heterocycles.